The minimum Gasteiger partial charge on any atom is -0.378 e. The van der Waals surface area contributed by atoms with E-state index in [2.05, 4.69) is 25.8 Å². The van der Waals surface area contributed by atoms with E-state index in [1.54, 1.807) is 10.6 Å². The largest absolute Gasteiger partial charge is 0.378 e. The van der Waals surface area contributed by atoms with Crippen LogP contribution in [0, 0.1) is 6.92 Å². The van der Waals surface area contributed by atoms with Gasteiger partial charge in [-0.3, -0.25) is 0 Å². The van der Waals surface area contributed by atoms with E-state index in [-0.39, 0.29) is 12.4 Å². The molecule has 0 N–H and O–H groups in total. The highest BCUT2D eigenvalue weighted by Crippen LogP contribution is 2.34. The second-order valence-electron chi connectivity index (χ2n) is 6.78. The highest BCUT2D eigenvalue weighted by Gasteiger charge is 2.23. The SMILES string of the molecule is Cc1c(Cl)cccc1Cn1c(C(F)F)nc2c(Br)cc(N3CCOCC3)cc21. The fraction of sp³-hybridized carbons (Fsp3) is 0.350. The van der Waals surface area contributed by atoms with Crippen LogP contribution in [0.4, 0.5) is 14.5 Å². The molecule has 28 heavy (non-hydrogen) atoms. The number of rotatable bonds is 4. The number of hydrogen-bond acceptors (Lipinski definition) is 3. The summed E-state index contributed by atoms with van der Waals surface area (Å²) in [6.45, 7) is 5.01. The fourth-order valence-electron chi connectivity index (χ4n) is 3.52. The smallest absolute Gasteiger partial charge is 0.295 e. The van der Waals surface area contributed by atoms with E-state index in [0.29, 0.717) is 33.7 Å². The van der Waals surface area contributed by atoms with E-state index in [1.165, 1.54) is 0 Å². The summed E-state index contributed by atoms with van der Waals surface area (Å²) in [4.78, 5) is 6.43. The Hall–Kier alpha value is -1.70. The van der Waals surface area contributed by atoms with Gasteiger partial charge in [-0.2, -0.15) is 0 Å². The molecule has 1 aliphatic heterocycles. The number of nitrogens with zero attached hydrogens (tertiary/aromatic N) is 3. The zero-order valence-electron chi connectivity index (χ0n) is 15.3. The third-order valence-electron chi connectivity index (χ3n) is 5.10. The molecule has 0 atom stereocenters. The van der Waals surface area contributed by atoms with Crippen molar-refractivity contribution in [2.45, 2.75) is 19.9 Å². The molecule has 1 aromatic heterocycles. The predicted octanol–water partition coefficient (Wildman–Crippen LogP) is 5.58. The molecule has 0 amide bonds. The predicted molar refractivity (Wildman–Crippen MR) is 111 cm³/mol. The number of fused-ring (bicyclic) bond motifs is 1. The first kappa shape index (κ1) is 19.6. The number of imidazole rings is 1. The van der Waals surface area contributed by atoms with Crippen LogP contribution in [0.1, 0.15) is 23.4 Å². The summed E-state index contributed by atoms with van der Waals surface area (Å²) in [5.41, 5.74) is 3.95. The van der Waals surface area contributed by atoms with E-state index in [9.17, 15) is 8.78 Å². The van der Waals surface area contributed by atoms with Gasteiger partial charge in [0, 0.05) is 34.8 Å². The van der Waals surface area contributed by atoms with Gasteiger partial charge in [-0.15, -0.1) is 0 Å². The van der Waals surface area contributed by atoms with Crippen LogP contribution in [0.2, 0.25) is 5.02 Å². The molecule has 148 valence electrons. The van der Waals surface area contributed by atoms with Crippen molar-refractivity contribution in [2.75, 3.05) is 31.2 Å². The molecule has 1 aliphatic rings. The molecule has 2 aromatic carbocycles. The molecule has 0 aliphatic carbocycles. The summed E-state index contributed by atoms with van der Waals surface area (Å²) in [5, 5.41) is 0.621. The van der Waals surface area contributed by atoms with Gasteiger partial charge in [0.25, 0.3) is 6.43 Å². The molecule has 0 bridgehead atoms. The van der Waals surface area contributed by atoms with Gasteiger partial charge in [-0.1, -0.05) is 23.7 Å². The molecular weight excluding hydrogens is 452 g/mol. The normalized spacial score (nSPS) is 15.0. The molecular formula is C20H19BrClF2N3O. The molecule has 0 radical (unpaired) electrons. The Morgan fingerprint density at radius 1 is 1.25 bits per heavy atom. The molecule has 0 saturated carbocycles. The molecule has 4 nitrogen and oxygen atoms in total. The van der Waals surface area contributed by atoms with E-state index in [4.69, 9.17) is 16.3 Å². The fourth-order valence-corrected chi connectivity index (χ4v) is 4.24. The number of ether oxygens (including phenoxy) is 1. The maximum atomic E-state index is 13.8. The first-order chi connectivity index (χ1) is 13.5. The number of hydrogen-bond donors (Lipinski definition) is 0. The van der Waals surface area contributed by atoms with Gasteiger partial charge < -0.3 is 14.2 Å². The minimum atomic E-state index is -2.68. The van der Waals surface area contributed by atoms with Crippen molar-refractivity contribution in [3.63, 3.8) is 0 Å². The Balaban J connectivity index is 1.85. The van der Waals surface area contributed by atoms with Crippen LogP contribution < -0.4 is 4.90 Å². The van der Waals surface area contributed by atoms with E-state index >= 15 is 0 Å². The lowest BCUT2D eigenvalue weighted by Crippen LogP contribution is -2.36. The lowest BCUT2D eigenvalue weighted by atomic mass is 10.1. The van der Waals surface area contributed by atoms with E-state index < -0.39 is 6.43 Å². The van der Waals surface area contributed by atoms with Gasteiger partial charge in [0.2, 0.25) is 0 Å². The van der Waals surface area contributed by atoms with Gasteiger partial charge in [0.15, 0.2) is 5.82 Å². The van der Waals surface area contributed by atoms with Crippen LogP contribution in [-0.2, 0) is 11.3 Å². The van der Waals surface area contributed by atoms with E-state index in [1.807, 2.05) is 31.2 Å². The molecule has 1 fully saturated rings. The van der Waals surface area contributed by atoms with Crippen molar-refractivity contribution < 1.29 is 13.5 Å². The summed E-state index contributed by atoms with van der Waals surface area (Å²) >= 11 is 9.75. The van der Waals surface area contributed by atoms with Crippen LogP contribution in [0.25, 0.3) is 11.0 Å². The van der Waals surface area contributed by atoms with Crippen LogP contribution in [0.5, 0.6) is 0 Å². The average molecular weight is 471 g/mol. The second-order valence-corrected chi connectivity index (χ2v) is 8.04. The van der Waals surface area contributed by atoms with Crippen molar-refractivity contribution in [1.82, 2.24) is 9.55 Å². The lowest BCUT2D eigenvalue weighted by Gasteiger charge is -2.29. The van der Waals surface area contributed by atoms with Crippen LogP contribution in [0.15, 0.2) is 34.8 Å². The van der Waals surface area contributed by atoms with Gasteiger partial charge >= 0.3 is 0 Å². The summed E-state index contributed by atoms with van der Waals surface area (Å²) in [7, 11) is 0. The van der Waals surface area contributed by atoms with Crippen molar-refractivity contribution in [1.29, 1.82) is 0 Å². The number of benzene rings is 2. The Morgan fingerprint density at radius 2 is 2.00 bits per heavy atom. The second kappa shape index (κ2) is 7.97. The highest BCUT2D eigenvalue weighted by molar-refractivity contribution is 9.10. The van der Waals surface area contributed by atoms with Gasteiger partial charge in [0.1, 0.15) is 5.52 Å². The maximum Gasteiger partial charge on any atom is 0.295 e. The van der Waals surface area contributed by atoms with Crippen LogP contribution >= 0.6 is 27.5 Å². The topological polar surface area (TPSA) is 30.3 Å². The number of anilines is 1. The lowest BCUT2D eigenvalue weighted by molar-refractivity contribution is 0.122. The first-order valence-electron chi connectivity index (χ1n) is 9.00. The van der Waals surface area contributed by atoms with Crippen LogP contribution in [0.3, 0.4) is 0 Å². The Labute approximate surface area is 175 Å². The molecule has 1 saturated heterocycles. The Kier molecular flexibility index (Phi) is 5.58. The van der Waals surface area contributed by atoms with Crippen molar-refractivity contribution in [2.24, 2.45) is 0 Å². The Bertz CT molecular complexity index is 1020. The number of alkyl halides is 2. The van der Waals surface area contributed by atoms with E-state index in [0.717, 1.165) is 29.9 Å². The molecule has 2 heterocycles. The molecule has 8 heteroatoms. The molecule has 4 rings (SSSR count). The zero-order chi connectivity index (χ0) is 19.8. The standard InChI is InChI=1S/C20H19BrClF2N3O/c1-12-13(3-2-4-16(12)22)11-27-17-10-14(26-5-7-28-8-6-26)9-15(21)18(17)25-20(27)19(23)24/h2-4,9-10,19H,5-8,11H2,1H3. The van der Waals surface area contributed by atoms with Crippen molar-refractivity contribution >= 4 is 44.3 Å². The quantitative estimate of drug-likeness (QED) is 0.498. The molecule has 0 spiro atoms. The monoisotopic (exact) mass is 469 g/mol. The number of halogens is 4. The minimum absolute atomic E-state index is 0.241. The number of aromatic nitrogens is 2. The molecule has 3 aromatic rings. The van der Waals surface area contributed by atoms with Crippen LogP contribution in [-0.4, -0.2) is 35.9 Å². The van der Waals surface area contributed by atoms with Crippen molar-refractivity contribution in [3.8, 4) is 0 Å². The van der Waals surface area contributed by atoms with Crippen molar-refractivity contribution in [3.05, 3.63) is 56.8 Å². The Morgan fingerprint density at radius 3 is 2.71 bits per heavy atom. The average Bonchev–Trinajstić information content (AvgIpc) is 3.05. The highest BCUT2D eigenvalue weighted by atomic mass is 79.9. The molecule has 0 unspecified atom stereocenters. The summed E-state index contributed by atoms with van der Waals surface area (Å²) in [6, 6.07) is 9.41. The zero-order valence-corrected chi connectivity index (χ0v) is 17.6. The summed E-state index contributed by atoms with van der Waals surface area (Å²) < 4.78 is 35.3. The third kappa shape index (κ3) is 3.63. The van der Waals surface area contributed by atoms with Gasteiger partial charge in [-0.25, -0.2) is 13.8 Å². The maximum absolute atomic E-state index is 13.8. The summed E-state index contributed by atoms with van der Waals surface area (Å²) in [6.07, 6.45) is -2.68. The first-order valence-corrected chi connectivity index (χ1v) is 10.2. The third-order valence-corrected chi connectivity index (χ3v) is 6.12. The number of morpholine rings is 1. The van der Waals surface area contributed by atoms with Gasteiger partial charge in [-0.05, 0) is 52.2 Å². The van der Waals surface area contributed by atoms with Gasteiger partial charge in [0.05, 0.1) is 18.7 Å². The summed E-state index contributed by atoms with van der Waals surface area (Å²) in [5.74, 6) is -0.241.